The number of nitrogens with zero attached hydrogens (tertiary/aromatic N) is 1. The number of likely N-dealkylation sites (tertiary alicyclic amines) is 1. The molecule has 130 valence electrons. The quantitative estimate of drug-likeness (QED) is 0.789. The van der Waals surface area contributed by atoms with Crippen LogP contribution < -0.4 is 5.32 Å². The van der Waals surface area contributed by atoms with E-state index in [9.17, 15) is 9.59 Å². The number of amides is 2. The van der Waals surface area contributed by atoms with Crippen molar-refractivity contribution in [2.75, 3.05) is 26.8 Å². The lowest BCUT2D eigenvalue weighted by atomic mass is 9.71. The lowest BCUT2D eigenvalue weighted by molar-refractivity contribution is -0.141. The molecule has 2 aliphatic rings. The Labute approximate surface area is 139 Å². The van der Waals surface area contributed by atoms with Crippen LogP contribution in [0.4, 0.5) is 0 Å². The molecule has 0 aromatic heterocycles. The van der Waals surface area contributed by atoms with Gasteiger partial charge < -0.3 is 15.0 Å². The Balaban J connectivity index is 2.03. The van der Waals surface area contributed by atoms with E-state index in [1.807, 2.05) is 18.7 Å². The summed E-state index contributed by atoms with van der Waals surface area (Å²) < 4.78 is 4.85. The van der Waals surface area contributed by atoms with Crippen molar-refractivity contribution < 1.29 is 14.3 Å². The predicted octanol–water partition coefficient (Wildman–Crippen LogP) is 2.12. The summed E-state index contributed by atoms with van der Waals surface area (Å²) in [5, 5.41) is 2.84. The number of rotatable bonds is 5. The summed E-state index contributed by atoms with van der Waals surface area (Å²) in [6, 6.07) is -0.466. The zero-order valence-corrected chi connectivity index (χ0v) is 14.6. The van der Waals surface area contributed by atoms with Gasteiger partial charge in [-0.1, -0.05) is 26.0 Å². The molecule has 0 radical (unpaired) electrons. The SMILES string of the molecule is COCC(=O)N[C@H](C(=O)N1CCC[C@@]2(CC=CCC2)C1)C(C)C. The molecule has 1 aliphatic carbocycles. The first-order valence-electron chi connectivity index (χ1n) is 8.69. The first kappa shape index (κ1) is 18.0. The highest BCUT2D eigenvalue weighted by molar-refractivity contribution is 5.88. The molecule has 0 unspecified atom stereocenters. The Morgan fingerprint density at radius 2 is 2.09 bits per heavy atom. The van der Waals surface area contributed by atoms with E-state index >= 15 is 0 Å². The van der Waals surface area contributed by atoms with Crippen LogP contribution in [0.5, 0.6) is 0 Å². The minimum atomic E-state index is -0.466. The number of ether oxygens (including phenoxy) is 1. The van der Waals surface area contributed by atoms with Gasteiger partial charge in [-0.05, 0) is 43.4 Å². The van der Waals surface area contributed by atoms with Gasteiger partial charge in [-0.25, -0.2) is 0 Å². The molecule has 0 bridgehead atoms. The molecule has 0 aromatic carbocycles. The second-order valence-corrected chi connectivity index (χ2v) is 7.30. The summed E-state index contributed by atoms with van der Waals surface area (Å²) in [7, 11) is 1.48. The third-order valence-corrected chi connectivity index (χ3v) is 5.06. The van der Waals surface area contributed by atoms with Crippen LogP contribution in [0.3, 0.4) is 0 Å². The first-order valence-corrected chi connectivity index (χ1v) is 8.69. The average molecular weight is 322 g/mol. The van der Waals surface area contributed by atoms with Crippen molar-refractivity contribution >= 4 is 11.8 Å². The lowest BCUT2D eigenvalue weighted by Gasteiger charge is -2.45. The number of hydrogen-bond acceptors (Lipinski definition) is 3. The largest absolute Gasteiger partial charge is 0.375 e. The number of allylic oxidation sites excluding steroid dienone is 2. The number of methoxy groups -OCH3 is 1. The Bertz CT molecular complexity index is 461. The molecule has 1 heterocycles. The summed E-state index contributed by atoms with van der Waals surface area (Å²) >= 11 is 0. The number of carbonyl (C=O) groups excluding carboxylic acids is 2. The van der Waals surface area contributed by atoms with Crippen LogP contribution in [0.1, 0.15) is 46.0 Å². The third-order valence-electron chi connectivity index (χ3n) is 5.06. The molecule has 1 N–H and O–H groups in total. The van der Waals surface area contributed by atoms with Crippen molar-refractivity contribution in [1.29, 1.82) is 0 Å². The normalized spacial score (nSPS) is 25.7. The number of nitrogens with one attached hydrogen (secondary N) is 1. The predicted molar refractivity (Wildman–Crippen MR) is 89.9 cm³/mol. The highest BCUT2D eigenvalue weighted by Crippen LogP contribution is 2.40. The average Bonchev–Trinajstić information content (AvgIpc) is 2.53. The molecule has 5 heteroatoms. The van der Waals surface area contributed by atoms with Gasteiger partial charge in [-0.2, -0.15) is 0 Å². The molecule has 0 aromatic rings. The molecule has 1 aliphatic heterocycles. The van der Waals surface area contributed by atoms with E-state index < -0.39 is 6.04 Å². The molecular formula is C18H30N2O3. The molecule has 2 atom stereocenters. The minimum Gasteiger partial charge on any atom is -0.375 e. The van der Waals surface area contributed by atoms with Gasteiger partial charge in [0.2, 0.25) is 11.8 Å². The number of piperidine rings is 1. The van der Waals surface area contributed by atoms with Crippen molar-refractivity contribution in [2.45, 2.75) is 52.0 Å². The van der Waals surface area contributed by atoms with Crippen molar-refractivity contribution in [2.24, 2.45) is 11.3 Å². The lowest BCUT2D eigenvalue weighted by Crippen LogP contribution is -2.55. The summed E-state index contributed by atoms with van der Waals surface area (Å²) in [6.45, 7) is 5.55. The van der Waals surface area contributed by atoms with E-state index in [0.29, 0.717) is 0 Å². The maximum atomic E-state index is 13.0. The van der Waals surface area contributed by atoms with E-state index in [1.54, 1.807) is 0 Å². The molecule has 2 rings (SSSR count). The standard InChI is InChI=1S/C18H30N2O3/c1-14(2)16(19-15(21)12-23-3)17(22)20-11-7-10-18(13-20)8-5-4-6-9-18/h4-5,14,16H,6-13H2,1-3H3,(H,19,21)/t16-,18-/m0/s1. The van der Waals surface area contributed by atoms with Crippen LogP contribution in [0, 0.1) is 11.3 Å². The highest BCUT2D eigenvalue weighted by atomic mass is 16.5. The Morgan fingerprint density at radius 1 is 1.30 bits per heavy atom. The van der Waals surface area contributed by atoms with Gasteiger partial charge in [0.05, 0.1) is 0 Å². The topological polar surface area (TPSA) is 58.6 Å². The molecule has 23 heavy (non-hydrogen) atoms. The zero-order valence-electron chi connectivity index (χ0n) is 14.6. The van der Waals surface area contributed by atoms with Crippen LogP contribution in [-0.4, -0.2) is 49.6 Å². The van der Waals surface area contributed by atoms with Gasteiger partial charge in [0.25, 0.3) is 0 Å². The van der Waals surface area contributed by atoms with Crippen LogP contribution in [-0.2, 0) is 14.3 Å². The smallest absolute Gasteiger partial charge is 0.246 e. The molecule has 2 amide bonds. The summed E-state index contributed by atoms with van der Waals surface area (Å²) in [5.41, 5.74) is 0.251. The first-order chi connectivity index (χ1) is 11.0. The van der Waals surface area contributed by atoms with Crippen LogP contribution in [0.2, 0.25) is 0 Å². The van der Waals surface area contributed by atoms with E-state index in [0.717, 1.165) is 38.8 Å². The molecular weight excluding hydrogens is 292 g/mol. The van der Waals surface area contributed by atoms with Gasteiger partial charge in [-0.3, -0.25) is 9.59 Å². The van der Waals surface area contributed by atoms with Crippen LogP contribution in [0.15, 0.2) is 12.2 Å². The maximum Gasteiger partial charge on any atom is 0.246 e. The Morgan fingerprint density at radius 3 is 2.70 bits per heavy atom. The van der Waals surface area contributed by atoms with E-state index in [4.69, 9.17) is 4.74 Å². The van der Waals surface area contributed by atoms with Gasteiger partial charge >= 0.3 is 0 Å². The van der Waals surface area contributed by atoms with Crippen molar-refractivity contribution in [1.82, 2.24) is 10.2 Å². The fourth-order valence-corrected chi connectivity index (χ4v) is 3.77. The molecule has 5 nitrogen and oxygen atoms in total. The molecule has 1 fully saturated rings. The number of hydrogen-bond donors (Lipinski definition) is 1. The van der Waals surface area contributed by atoms with Crippen LogP contribution >= 0.6 is 0 Å². The highest BCUT2D eigenvalue weighted by Gasteiger charge is 2.39. The molecule has 1 spiro atoms. The monoisotopic (exact) mass is 322 g/mol. The molecule has 0 saturated carbocycles. The fraction of sp³-hybridized carbons (Fsp3) is 0.778. The van der Waals surface area contributed by atoms with Crippen molar-refractivity contribution in [3.8, 4) is 0 Å². The minimum absolute atomic E-state index is 0.00870. The third kappa shape index (κ3) is 4.56. The Hall–Kier alpha value is -1.36. The van der Waals surface area contributed by atoms with Gasteiger partial charge in [0.15, 0.2) is 0 Å². The molecule has 1 saturated heterocycles. The zero-order chi connectivity index (χ0) is 16.9. The second-order valence-electron chi connectivity index (χ2n) is 7.30. The van der Waals surface area contributed by atoms with Gasteiger partial charge in [0, 0.05) is 20.2 Å². The van der Waals surface area contributed by atoms with Gasteiger partial charge in [0.1, 0.15) is 12.6 Å². The summed E-state index contributed by atoms with van der Waals surface area (Å²) in [5.74, 6) is -0.114. The van der Waals surface area contributed by atoms with E-state index in [2.05, 4.69) is 17.5 Å². The van der Waals surface area contributed by atoms with Crippen molar-refractivity contribution in [3.63, 3.8) is 0 Å². The fourth-order valence-electron chi connectivity index (χ4n) is 3.77. The van der Waals surface area contributed by atoms with Crippen molar-refractivity contribution in [3.05, 3.63) is 12.2 Å². The van der Waals surface area contributed by atoms with E-state index in [-0.39, 0.29) is 29.8 Å². The van der Waals surface area contributed by atoms with Gasteiger partial charge in [-0.15, -0.1) is 0 Å². The Kier molecular flexibility index (Phi) is 6.22. The number of carbonyl (C=O) groups is 2. The van der Waals surface area contributed by atoms with E-state index in [1.165, 1.54) is 13.5 Å². The maximum absolute atomic E-state index is 13.0. The summed E-state index contributed by atoms with van der Waals surface area (Å²) in [6.07, 6.45) is 10.1. The summed E-state index contributed by atoms with van der Waals surface area (Å²) in [4.78, 5) is 26.8. The second kappa shape index (κ2) is 7.95. The van der Waals surface area contributed by atoms with Crippen LogP contribution in [0.25, 0.3) is 0 Å².